The van der Waals surface area contributed by atoms with Gasteiger partial charge >= 0.3 is 0 Å². The first-order valence-corrected chi connectivity index (χ1v) is 6.46. The maximum Gasteiger partial charge on any atom is 0.191 e. The lowest BCUT2D eigenvalue weighted by Gasteiger charge is -2.29. The summed E-state index contributed by atoms with van der Waals surface area (Å²) in [5, 5.41) is 6.54. The molecule has 1 aliphatic heterocycles. The van der Waals surface area contributed by atoms with Crippen LogP contribution in [0.2, 0.25) is 0 Å². The third-order valence-corrected chi connectivity index (χ3v) is 2.56. The second kappa shape index (κ2) is 9.80. The quantitative estimate of drug-likeness (QED) is 0.439. The predicted octanol–water partition coefficient (Wildman–Crippen LogP) is 0.899. The molecule has 0 spiro atoms. The Morgan fingerprint density at radius 3 is 2.78 bits per heavy atom. The van der Waals surface area contributed by atoms with E-state index in [1.54, 1.807) is 0 Å². The van der Waals surface area contributed by atoms with Crippen LogP contribution in [0.5, 0.6) is 0 Å². The summed E-state index contributed by atoms with van der Waals surface area (Å²) in [5.41, 5.74) is 0. The van der Waals surface area contributed by atoms with Gasteiger partial charge in [-0.1, -0.05) is 0 Å². The number of nitrogens with zero attached hydrogens (tertiary/aromatic N) is 2. The molecule has 1 saturated heterocycles. The molecule has 1 fully saturated rings. The topological polar surface area (TPSA) is 48.9 Å². The van der Waals surface area contributed by atoms with E-state index in [9.17, 15) is 0 Å². The van der Waals surface area contributed by atoms with Gasteiger partial charge in [0.2, 0.25) is 0 Å². The molecule has 0 aliphatic carbocycles. The van der Waals surface area contributed by atoms with E-state index in [2.05, 4.69) is 48.3 Å². The molecule has 0 aromatic heterocycles. The van der Waals surface area contributed by atoms with Gasteiger partial charge in [0.25, 0.3) is 0 Å². The van der Waals surface area contributed by atoms with Gasteiger partial charge in [-0.2, -0.15) is 0 Å². The number of halogens is 1. The Balaban J connectivity index is 0.00000289. The minimum absolute atomic E-state index is 0. The van der Waals surface area contributed by atoms with Crippen molar-refractivity contribution in [2.24, 2.45) is 4.99 Å². The van der Waals surface area contributed by atoms with Crippen LogP contribution in [0.4, 0.5) is 0 Å². The minimum Gasteiger partial charge on any atom is -0.374 e. The number of likely N-dealkylation sites (N-methyl/N-ethyl adjacent to an activating group) is 1. The zero-order chi connectivity index (χ0) is 12.7. The first-order valence-electron chi connectivity index (χ1n) is 6.46. The normalized spacial score (nSPS) is 21.6. The highest BCUT2D eigenvalue weighted by Crippen LogP contribution is 2.02. The van der Waals surface area contributed by atoms with Gasteiger partial charge in [-0.05, 0) is 27.8 Å². The van der Waals surface area contributed by atoms with Gasteiger partial charge in [0, 0.05) is 25.7 Å². The number of hydrogen-bond donors (Lipinski definition) is 2. The van der Waals surface area contributed by atoms with Crippen molar-refractivity contribution in [2.45, 2.75) is 32.9 Å². The van der Waals surface area contributed by atoms with Crippen LogP contribution in [0, 0.1) is 0 Å². The molecule has 0 radical (unpaired) electrons. The molecule has 6 heteroatoms. The number of aliphatic imine (C=N–C) groups is 1. The maximum absolute atomic E-state index is 5.68. The highest BCUT2D eigenvalue weighted by Gasteiger charge is 2.17. The largest absolute Gasteiger partial charge is 0.374 e. The highest BCUT2D eigenvalue weighted by atomic mass is 127. The lowest BCUT2D eigenvalue weighted by Crippen LogP contribution is -2.44. The summed E-state index contributed by atoms with van der Waals surface area (Å²) >= 11 is 0. The van der Waals surface area contributed by atoms with E-state index in [4.69, 9.17) is 4.74 Å². The van der Waals surface area contributed by atoms with Crippen molar-refractivity contribution >= 4 is 29.9 Å². The summed E-state index contributed by atoms with van der Waals surface area (Å²) in [6.07, 6.45) is 0.219. The second-order valence-corrected chi connectivity index (χ2v) is 4.77. The van der Waals surface area contributed by atoms with E-state index in [0.717, 1.165) is 32.2 Å². The Morgan fingerprint density at radius 2 is 2.22 bits per heavy atom. The molecule has 18 heavy (non-hydrogen) atoms. The van der Waals surface area contributed by atoms with Crippen molar-refractivity contribution in [2.75, 3.05) is 39.8 Å². The number of rotatable bonds is 4. The van der Waals surface area contributed by atoms with Crippen molar-refractivity contribution in [1.29, 1.82) is 0 Å². The zero-order valence-electron chi connectivity index (χ0n) is 11.9. The summed E-state index contributed by atoms with van der Waals surface area (Å²) in [5.74, 6) is 0.874. The SMILES string of the molecule is CCNC(=NCC1CN(C)CCO1)NC(C)C.I. The third kappa shape index (κ3) is 7.38. The lowest BCUT2D eigenvalue weighted by atomic mass is 10.3. The number of nitrogens with one attached hydrogen (secondary N) is 2. The molecule has 5 nitrogen and oxygen atoms in total. The monoisotopic (exact) mass is 370 g/mol. The predicted molar refractivity (Wildman–Crippen MR) is 86.9 cm³/mol. The van der Waals surface area contributed by atoms with E-state index in [1.165, 1.54) is 0 Å². The second-order valence-electron chi connectivity index (χ2n) is 4.77. The van der Waals surface area contributed by atoms with Gasteiger partial charge in [0.15, 0.2) is 5.96 Å². The minimum atomic E-state index is 0. The average Bonchev–Trinajstić information content (AvgIpc) is 2.26. The fraction of sp³-hybridized carbons (Fsp3) is 0.917. The van der Waals surface area contributed by atoms with Crippen LogP contribution in [0.1, 0.15) is 20.8 Å². The van der Waals surface area contributed by atoms with E-state index < -0.39 is 0 Å². The first kappa shape index (κ1) is 17.9. The molecule has 0 bridgehead atoms. The smallest absolute Gasteiger partial charge is 0.191 e. The standard InChI is InChI=1S/C12H26N4O.HI/c1-5-13-12(15-10(2)3)14-8-11-9-16(4)6-7-17-11;/h10-11H,5-9H2,1-4H3,(H2,13,14,15);1H. The molecule has 1 unspecified atom stereocenters. The van der Waals surface area contributed by atoms with Crippen molar-refractivity contribution < 1.29 is 4.74 Å². The van der Waals surface area contributed by atoms with E-state index >= 15 is 0 Å². The Morgan fingerprint density at radius 1 is 1.50 bits per heavy atom. The molecule has 1 atom stereocenters. The fourth-order valence-electron chi connectivity index (χ4n) is 1.76. The Hall–Kier alpha value is -0.0800. The van der Waals surface area contributed by atoms with E-state index in [0.29, 0.717) is 12.6 Å². The molecule has 0 saturated carbocycles. The number of guanidine groups is 1. The van der Waals surface area contributed by atoms with Gasteiger partial charge in [0.05, 0.1) is 19.3 Å². The van der Waals surface area contributed by atoms with Crippen molar-refractivity contribution in [1.82, 2.24) is 15.5 Å². The molecule has 1 aliphatic rings. The molecule has 0 aromatic carbocycles. The fourth-order valence-corrected chi connectivity index (χ4v) is 1.76. The van der Waals surface area contributed by atoms with Crippen LogP contribution in [-0.2, 0) is 4.74 Å². The lowest BCUT2D eigenvalue weighted by molar-refractivity contribution is -0.0136. The number of ether oxygens (including phenoxy) is 1. The average molecular weight is 370 g/mol. The van der Waals surface area contributed by atoms with Gasteiger partial charge in [-0.3, -0.25) is 4.99 Å². The highest BCUT2D eigenvalue weighted by molar-refractivity contribution is 14.0. The Labute approximate surface area is 128 Å². The van der Waals surface area contributed by atoms with Crippen LogP contribution in [0.15, 0.2) is 4.99 Å². The van der Waals surface area contributed by atoms with Crippen LogP contribution in [-0.4, -0.2) is 62.8 Å². The molecular weight excluding hydrogens is 343 g/mol. The van der Waals surface area contributed by atoms with E-state index in [1.807, 2.05) is 0 Å². The Kier molecular flexibility index (Phi) is 9.76. The molecule has 1 rings (SSSR count). The van der Waals surface area contributed by atoms with Crippen LogP contribution in [0.3, 0.4) is 0 Å². The first-order chi connectivity index (χ1) is 8.11. The summed E-state index contributed by atoms with van der Waals surface area (Å²) in [4.78, 5) is 6.84. The molecule has 0 aromatic rings. The van der Waals surface area contributed by atoms with Gasteiger partial charge in [-0.15, -0.1) is 24.0 Å². The van der Waals surface area contributed by atoms with Gasteiger partial charge < -0.3 is 20.3 Å². The summed E-state index contributed by atoms with van der Waals surface area (Å²) in [6, 6.07) is 0.391. The number of morpholine rings is 1. The third-order valence-electron chi connectivity index (χ3n) is 2.56. The van der Waals surface area contributed by atoms with Crippen LogP contribution >= 0.6 is 24.0 Å². The van der Waals surface area contributed by atoms with Gasteiger partial charge in [0.1, 0.15) is 0 Å². The van der Waals surface area contributed by atoms with Crippen molar-refractivity contribution in [3.05, 3.63) is 0 Å². The Bertz CT molecular complexity index is 248. The summed E-state index contributed by atoms with van der Waals surface area (Å²) < 4.78 is 5.68. The van der Waals surface area contributed by atoms with Gasteiger partial charge in [-0.25, -0.2) is 0 Å². The molecular formula is C12H27IN4O. The molecule has 2 N–H and O–H groups in total. The van der Waals surface area contributed by atoms with Crippen molar-refractivity contribution in [3.63, 3.8) is 0 Å². The van der Waals surface area contributed by atoms with E-state index in [-0.39, 0.29) is 30.1 Å². The maximum atomic E-state index is 5.68. The van der Waals surface area contributed by atoms with Crippen molar-refractivity contribution in [3.8, 4) is 0 Å². The molecule has 1 heterocycles. The zero-order valence-corrected chi connectivity index (χ0v) is 14.2. The van der Waals surface area contributed by atoms with Crippen LogP contribution in [0.25, 0.3) is 0 Å². The molecule has 108 valence electrons. The van der Waals surface area contributed by atoms with Crippen LogP contribution < -0.4 is 10.6 Å². The molecule has 0 amide bonds. The number of hydrogen-bond acceptors (Lipinski definition) is 3. The summed E-state index contributed by atoms with van der Waals surface area (Å²) in [7, 11) is 2.12. The summed E-state index contributed by atoms with van der Waals surface area (Å²) in [6.45, 7) is 10.7.